The number of rotatable bonds is 8. The molecule has 0 aromatic heterocycles. The van der Waals surface area contributed by atoms with Crippen LogP contribution in [-0.4, -0.2) is 11.9 Å². The summed E-state index contributed by atoms with van der Waals surface area (Å²) in [6, 6.07) is 10.7. The molecule has 0 heterocycles. The van der Waals surface area contributed by atoms with Crippen LogP contribution in [0.2, 0.25) is 0 Å². The van der Waals surface area contributed by atoms with Gasteiger partial charge in [0.1, 0.15) is 0 Å². The van der Waals surface area contributed by atoms with Crippen molar-refractivity contribution in [2.75, 3.05) is 7.05 Å². The van der Waals surface area contributed by atoms with Crippen molar-refractivity contribution in [3.8, 4) is 0 Å². The molecule has 0 aliphatic heterocycles. The van der Waals surface area contributed by atoms with Gasteiger partial charge in [0.15, 0.2) is 0 Å². The highest BCUT2D eigenvalue weighted by molar-refractivity contribution is 5.73. The number of hydrogen-bond donors (Lipinski definition) is 0. The molecule has 1 nitrogen and oxygen atoms in total. The molecule has 1 heteroatoms. The van der Waals surface area contributed by atoms with Gasteiger partial charge in [-0.25, -0.2) is 0 Å². The summed E-state index contributed by atoms with van der Waals surface area (Å²) in [5.41, 5.74) is 8.45. The Labute approximate surface area is 161 Å². The molecule has 0 amide bonds. The van der Waals surface area contributed by atoms with Gasteiger partial charge in [0.25, 0.3) is 0 Å². The van der Waals surface area contributed by atoms with Gasteiger partial charge in [0.05, 0.1) is 5.70 Å². The molecular weight excluding hydrogens is 314 g/mol. The van der Waals surface area contributed by atoms with E-state index in [2.05, 4.69) is 102 Å². The summed E-state index contributed by atoms with van der Waals surface area (Å²) in [5.74, 6) is 0.445. The van der Waals surface area contributed by atoms with Crippen molar-refractivity contribution in [1.29, 1.82) is 0 Å². The normalized spacial score (nSPS) is 14.6. The van der Waals surface area contributed by atoms with Gasteiger partial charge < -0.3 is 4.90 Å². The summed E-state index contributed by atoms with van der Waals surface area (Å²) in [6.07, 6.45) is 5.41. The Morgan fingerprint density at radius 2 is 1.54 bits per heavy atom. The molecule has 0 radical (unpaired) electrons. The largest absolute Gasteiger partial charge is 0.348 e. The van der Waals surface area contributed by atoms with E-state index in [1.807, 2.05) is 6.92 Å². The van der Waals surface area contributed by atoms with E-state index in [0.29, 0.717) is 5.92 Å². The Morgan fingerprint density at radius 3 is 2.00 bits per heavy atom. The first-order valence-electron chi connectivity index (χ1n) is 9.40. The molecule has 0 N–H and O–H groups in total. The molecule has 0 bridgehead atoms. The van der Waals surface area contributed by atoms with E-state index in [4.69, 9.17) is 0 Å². The first-order chi connectivity index (χ1) is 12.2. The summed E-state index contributed by atoms with van der Waals surface area (Å²) >= 11 is 0. The molecule has 1 aromatic carbocycles. The van der Waals surface area contributed by atoms with Crippen LogP contribution >= 0.6 is 0 Å². The fourth-order valence-corrected chi connectivity index (χ4v) is 3.22. The molecule has 0 fully saturated rings. The monoisotopic (exact) mass is 349 g/mol. The number of allylic oxidation sites excluding steroid dienone is 7. The third-order valence-electron chi connectivity index (χ3n) is 4.62. The van der Waals surface area contributed by atoms with Gasteiger partial charge in [-0.05, 0) is 62.8 Å². The SMILES string of the molecule is C=C(C)/C=C(C)\C(=C(/c1ccccc1)N(C)/C(C)=C\C(=C)C)C(C)CC. The average molecular weight is 350 g/mol. The maximum absolute atomic E-state index is 4.08. The van der Waals surface area contributed by atoms with Crippen LogP contribution in [0.3, 0.4) is 0 Å². The molecule has 1 unspecified atom stereocenters. The lowest BCUT2D eigenvalue weighted by atomic mass is 9.87. The summed E-state index contributed by atoms with van der Waals surface area (Å²) in [6.45, 7) is 21.1. The molecule has 140 valence electrons. The van der Waals surface area contributed by atoms with Crippen LogP contribution in [-0.2, 0) is 0 Å². The molecule has 1 rings (SSSR count). The van der Waals surface area contributed by atoms with Crippen molar-refractivity contribution in [1.82, 2.24) is 4.90 Å². The van der Waals surface area contributed by atoms with E-state index in [-0.39, 0.29) is 0 Å². The van der Waals surface area contributed by atoms with E-state index in [0.717, 1.165) is 17.6 Å². The maximum atomic E-state index is 4.08. The predicted octanol–water partition coefficient (Wildman–Crippen LogP) is 7.38. The van der Waals surface area contributed by atoms with Gasteiger partial charge in [-0.3, -0.25) is 0 Å². The number of hydrogen-bond acceptors (Lipinski definition) is 1. The van der Waals surface area contributed by atoms with Crippen molar-refractivity contribution in [2.45, 2.75) is 48.0 Å². The van der Waals surface area contributed by atoms with Gasteiger partial charge in [0, 0.05) is 12.7 Å². The fourth-order valence-electron chi connectivity index (χ4n) is 3.22. The van der Waals surface area contributed by atoms with E-state index >= 15 is 0 Å². The molecular formula is C25H35N. The Hall–Kier alpha value is -2.28. The fraction of sp³-hybridized carbons (Fsp3) is 0.360. The van der Waals surface area contributed by atoms with Gasteiger partial charge in [-0.15, -0.1) is 0 Å². The van der Waals surface area contributed by atoms with Crippen LogP contribution in [0.1, 0.15) is 53.5 Å². The third kappa shape index (κ3) is 5.91. The third-order valence-corrected chi connectivity index (χ3v) is 4.62. The maximum Gasteiger partial charge on any atom is 0.0517 e. The second kappa shape index (κ2) is 10.0. The zero-order valence-electron chi connectivity index (χ0n) is 17.7. The van der Waals surface area contributed by atoms with E-state index < -0.39 is 0 Å². The first kappa shape index (κ1) is 21.8. The summed E-state index contributed by atoms with van der Waals surface area (Å²) in [4.78, 5) is 2.29. The van der Waals surface area contributed by atoms with Gasteiger partial charge in [-0.1, -0.05) is 74.6 Å². The summed E-state index contributed by atoms with van der Waals surface area (Å²) in [7, 11) is 2.15. The highest BCUT2D eigenvalue weighted by Gasteiger charge is 2.20. The van der Waals surface area contributed by atoms with Gasteiger partial charge in [-0.2, -0.15) is 0 Å². The second-order valence-electron chi connectivity index (χ2n) is 7.30. The summed E-state index contributed by atoms with van der Waals surface area (Å²) in [5, 5.41) is 0. The molecule has 0 saturated heterocycles. The topological polar surface area (TPSA) is 3.24 Å². The lowest BCUT2D eigenvalue weighted by molar-refractivity contribution is 0.572. The molecule has 26 heavy (non-hydrogen) atoms. The Balaban J connectivity index is 3.79. The van der Waals surface area contributed by atoms with Crippen LogP contribution in [0.5, 0.6) is 0 Å². The van der Waals surface area contributed by atoms with Gasteiger partial charge in [0.2, 0.25) is 0 Å². The van der Waals surface area contributed by atoms with Crippen molar-refractivity contribution in [3.63, 3.8) is 0 Å². The van der Waals surface area contributed by atoms with Crippen molar-refractivity contribution in [3.05, 3.63) is 89.2 Å². The quantitative estimate of drug-likeness (QED) is 0.443. The van der Waals surface area contributed by atoms with E-state index in [9.17, 15) is 0 Å². The zero-order valence-corrected chi connectivity index (χ0v) is 17.7. The van der Waals surface area contributed by atoms with Crippen LogP contribution in [0, 0.1) is 5.92 Å². The molecule has 0 aliphatic rings. The Bertz CT molecular complexity index is 729. The van der Waals surface area contributed by atoms with Crippen LogP contribution in [0.25, 0.3) is 5.70 Å². The molecule has 1 atom stereocenters. The van der Waals surface area contributed by atoms with Crippen molar-refractivity contribution < 1.29 is 0 Å². The van der Waals surface area contributed by atoms with E-state index in [1.165, 1.54) is 28.1 Å². The second-order valence-corrected chi connectivity index (χ2v) is 7.30. The average Bonchev–Trinajstić information content (AvgIpc) is 2.57. The highest BCUT2D eigenvalue weighted by atomic mass is 15.1. The predicted molar refractivity (Wildman–Crippen MR) is 118 cm³/mol. The van der Waals surface area contributed by atoms with Crippen LogP contribution in [0.4, 0.5) is 0 Å². The lowest BCUT2D eigenvalue weighted by Gasteiger charge is -2.30. The van der Waals surface area contributed by atoms with E-state index in [1.54, 1.807) is 0 Å². The molecule has 0 aliphatic carbocycles. The Morgan fingerprint density at radius 1 is 1.00 bits per heavy atom. The molecule has 1 aromatic rings. The first-order valence-corrected chi connectivity index (χ1v) is 9.40. The van der Waals surface area contributed by atoms with Crippen LogP contribution < -0.4 is 0 Å². The lowest BCUT2D eigenvalue weighted by Crippen LogP contribution is -2.19. The molecule has 0 saturated carbocycles. The minimum atomic E-state index is 0.445. The highest BCUT2D eigenvalue weighted by Crippen LogP contribution is 2.35. The van der Waals surface area contributed by atoms with Crippen LogP contribution in [0.15, 0.2) is 83.6 Å². The Kier molecular flexibility index (Phi) is 8.38. The minimum absolute atomic E-state index is 0.445. The standard InChI is InChI=1S/C25H35N/c1-10-20(6)24(21(7)16-18(2)3)25(23-14-12-11-13-15-23)26(9)22(8)17-19(4)5/h11-17,20H,2,4,10H2,1,3,5-9H3/b21-16-,22-17-,25-24+. The molecule has 0 spiro atoms. The van der Waals surface area contributed by atoms with Crippen molar-refractivity contribution in [2.24, 2.45) is 5.92 Å². The zero-order chi connectivity index (χ0) is 19.9. The van der Waals surface area contributed by atoms with Crippen molar-refractivity contribution >= 4 is 5.70 Å². The van der Waals surface area contributed by atoms with Gasteiger partial charge >= 0.3 is 0 Å². The minimum Gasteiger partial charge on any atom is -0.348 e. The summed E-state index contributed by atoms with van der Waals surface area (Å²) < 4.78 is 0. The number of nitrogens with zero attached hydrogens (tertiary/aromatic N) is 1. The smallest absolute Gasteiger partial charge is 0.0517 e. The number of benzene rings is 1.